The summed E-state index contributed by atoms with van der Waals surface area (Å²) in [7, 11) is 0. The van der Waals surface area contributed by atoms with Gasteiger partial charge in [-0.25, -0.2) is 0 Å². The minimum atomic E-state index is -0.225. The molecule has 0 saturated carbocycles. The first kappa shape index (κ1) is 17.9. The Bertz CT molecular complexity index is 576. The van der Waals surface area contributed by atoms with E-state index in [9.17, 15) is 4.79 Å². The van der Waals surface area contributed by atoms with Crippen molar-refractivity contribution in [2.75, 3.05) is 19.9 Å². The molecule has 7 heteroatoms. The largest absolute Gasteiger partial charge is 0.454 e. The average molecular weight is 354 g/mol. The number of amides is 1. The second-order valence-electron chi connectivity index (χ2n) is 5.10. The van der Waals surface area contributed by atoms with Crippen molar-refractivity contribution in [1.29, 1.82) is 0 Å². The lowest BCUT2D eigenvalue weighted by molar-refractivity contribution is -0.120. The molecule has 1 amide bonds. The second kappa shape index (κ2) is 8.40. The molecule has 126 valence electrons. The van der Waals surface area contributed by atoms with Crippen LogP contribution in [0.3, 0.4) is 0 Å². The maximum absolute atomic E-state index is 12.2. The number of hydrogen-bond donors (Lipinski definition) is 1. The fourth-order valence-corrected chi connectivity index (χ4v) is 3.74. The Hall–Kier alpha value is -1.47. The summed E-state index contributed by atoms with van der Waals surface area (Å²) >= 11 is 6.80. The van der Waals surface area contributed by atoms with E-state index in [0.29, 0.717) is 6.54 Å². The van der Waals surface area contributed by atoms with Crippen LogP contribution in [0, 0.1) is 0 Å². The minimum Gasteiger partial charge on any atom is -0.454 e. The Labute approximate surface area is 146 Å². The van der Waals surface area contributed by atoms with Crippen molar-refractivity contribution >= 4 is 34.2 Å². The maximum atomic E-state index is 12.2. The third kappa shape index (κ3) is 4.75. The van der Waals surface area contributed by atoms with Crippen LogP contribution in [-0.2, 0) is 11.3 Å². The van der Waals surface area contributed by atoms with Gasteiger partial charge in [-0.2, -0.15) is 0 Å². The van der Waals surface area contributed by atoms with Crippen LogP contribution >= 0.6 is 24.0 Å². The highest BCUT2D eigenvalue weighted by Gasteiger charge is 2.18. The van der Waals surface area contributed by atoms with Crippen LogP contribution in [0.1, 0.15) is 26.3 Å². The van der Waals surface area contributed by atoms with Crippen LogP contribution in [0.2, 0.25) is 0 Å². The van der Waals surface area contributed by atoms with E-state index >= 15 is 0 Å². The summed E-state index contributed by atoms with van der Waals surface area (Å²) in [5.74, 6) is 1.44. The molecule has 1 aliphatic heterocycles. The zero-order valence-corrected chi connectivity index (χ0v) is 15.3. The number of thioether (sulfide) groups is 1. The summed E-state index contributed by atoms with van der Waals surface area (Å²) in [6.07, 6.45) is 0. The van der Waals surface area contributed by atoms with Gasteiger partial charge in [0.2, 0.25) is 12.7 Å². The molecule has 1 aliphatic rings. The quantitative estimate of drug-likeness (QED) is 0.793. The van der Waals surface area contributed by atoms with E-state index in [1.54, 1.807) is 0 Å². The highest BCUT2D eigenvalue weighted by atomic mass is 32.2. The number of ether oxygens (including phenoxy) is 2. The summed E-state index contributed by atoms with van der Waals surface area (Å²) in [5.41, 5.74) is 0.978. The Morgan fingerprint density at radius 3 is 2.74 bits per heavy atom. The highest BCUT2D eigenvalue weighted by molar-refractivity contribution is 8.23. The van der Waals surface area contributed by atoms with Gasteiger partial charge in [0.1, 0.15) is 4.32 Å². The molecule has 0 spiro atoms. The molecule has 5 nitrogen and oxygen atoms in total. The topological polar surface area (TPSA) is 50.8 Å². The van der Waals surface area contributed by atoms with Gasteiger partial charge in [0, 0.05) is 19.6 Å². The predicted molar refractivity (Wildman–Crippen MR) is 97.0 cm³/mol. The predicted octanol–water partition coefficient (Wildman–Crippen LogP) is 2.78. The molecule has 1 aromatic rings. The van der Waals surface area contributed by atoms with Gasteiger partial charge < -0.3 is 19.7 Å². The molecule has 2 rings (SSSR count). The normalized spacial score (nSPS) is 13.5. The van der Waals surface area contributed by atoms with Crippen molar-refractivity contribution in [3.63, 3.8) is 0 Å². The van der Waals surface area contributed by atoms with E-state index in [1.165, 1.54) is 11.8 Å². The zero-order valence-electron chi connectivity index (χ0n) is 13.6. The summed E-state index contributed by atoms with van der Waals surface area (Å²) < 4.78 is 11.4. The van der Waals surface area contributed by atoms with Crippen LogP contribution in [-0.4, -0.2) is 40.3 Å². The van der Waals surface area contributed by atoms with Crippen molar-refractivity contribution in [3.05, 3.63) is 23.8 Å². The standard InChI is InChI=1S/C16H22N2O3S2/c1-4-18(5-2)16(22)23-11(3)15(19)17-9-12-6-7-13-14(8-12)21-10-20-13/h6-8,11H,4-5,9-10H2,1-3H3,(H,17,19)/t11-/m1/s1. The fraction of sp³-hybridized carbons (Fsp3) is 0.500. The molecule has 0 bridgehead atoms. The van der Waals surface area contributed by atoms with Crippen LogP contribution in [0.4, 0.5) is 0 Å². The first-order valence-electron chi connectivity index (χ1n) is 7.67. The number of benzene rings is 1. The van der Waals surface area contributed by atoms with Gasteiger partial charge in [-0.05, 0) is 38.5 Å². The van der Waals surface area contributed by atoms with Crippen LogP contribution < -0.4 is 14.8 Å². The van der Waals surface area contributed by atoms with Gasteiger partial charge >= 0.3 is 0 Å². The molecule has 0 fully saturated rings. The third-order valence-electron chi connectivity index (χ3n) is 3.57. The highest BCUT2D eigenvalue weighted by Crippen LogP contribution is 2.32. The van der Waals surface area contributed by atoms with Gasteiger partial charge in [-0.1, -0.05) is 30.0 Å². The van der Waals surface area contributed by atoms with E-state index in [0.717, 1.165) is 34.5 Å². The van der Waals surface area contributed by atoms with Gasteiger partial charge in [0.05, 0.1) is 5.25 Å². The lowest BCUT2D eigenvalue weighted by Gasteiger charge is -2.22. The van der Waals surface area contributed by atoms with Crippen LogP contribution in [0.15, 0.2) is 18.2 Å². The lowest BCUT2D eigenvalue weighted by Crippen LogP contribution is -2.34. The van der Waals surface area contributed by atoms with E-state index < -0.39 is 0 Å². The van der Waals surface area contributed by atoms with Crippen molar-refractivity contribution < 1.29 is 14.3 Å². The maximum Gasteiger partial charge on any atom is 0.233 e. The van der Waals surface area contributed by atoms with Crippen molar-refractivity contribution in [2.45, 2.75) is 32.6 Å². The molecule has 1 heterocycles. The SMILES string of the molecule is CCN(CC)C(=S)S[C@H](C)C(=O)NCc1ccc2c(c1)OCO2. The Morgan fingerprint density at radius 2 is 2.04 bits per heavy atom. The first-order valence-corrected chi connectivity index (χ1v) is 8.95. The number of nitrogens with zero attached hydrogens (tertiary/aromatic N) is 1. The molecular weight excluding hydrogens is 332 g/mol. The van der Waals surface area contributed by atoms with Gasteiger partial charge in [-0.15, -0.1) is 0 Å². The van der Waals surface area contributed by atoms with Gasteiger partial charge in [-0.3, -0.25) is 4.79 Å². The Morgan fingerprint density at radius 1 is 1.35 bits per heavy atom. The number of carbonyl (C=O) groups is 1. The van der Waals surface area contributed by atoms with Gasteiger partial charge in [0.25, 0.3) is 0 Å². The summed E-state index contributed by atoms with van der Waals surface area (Å²) in [6.45, 7) is 8.40. The van der Waals surface area contributed by atoms with E-state index in [4.69, 9.17) is 21.7 Å². The Kier molecular flexibility index (Phi) is 6.53. The van der Waals surface area contributed by atoms with Crippen molar-refractivity contribution in [2.24, 2.45) is 0 Å². The van der Waals surface area contributed by atoms with Crippen molar-refractivity contribution in [3.8, 4) is 11.5 Å². The number of thiocarbonyl (C=S) groups is 1. The molecule has 0 radical (unpaired) electrons. The number of nitrogens with one attached hydrogen (secondary N) is 1. The van der Waals surface area contributed by atoms with Crippen molar-refractivity contribution in [1.82, 2.24) is 10.2 Å². The summed E-state index contributed by atoms with van der Waals surface area (Å²) in [5, 5.41) is 2.71. The molecule has 0 unspecified atom stereocenters. The minimum absolute atomic E-state index is 0.0258. The van der Waals surface area contributed by atoms with E-state index in [1.807, 2.05) is 25.1 Å². The first-order chi connectivity index (χ1) is 11.0. The summed E-state index contributed by atoms with van der Waals surface area (Å²) in [6, 6.07) is 5.67. The average Bonchev–Trinajstić information content (AvgIpc) is 3.01. The van der Waals surface area contributed by atoms with Crippen LogP contribution in [0.25, 0.3) is 0 Å². The zero-order chi connectivity index (χ0) is 16.8. The van der Waals surface area contributed by atoms with Crippen LogP contribution in [0.5, 0.6) is 11.5 Å². The van der Waals surface area contributed by atoms with E-state index in [-0.39, 0.29) is 18.0 Å². The molecule has 1 N–H and O–H groups in total. The van der Waals surface area contributed by atoms with E-state index in [2.05, 4.69) is 24.1 Å². The molecule has 23 heavy (non-hydrogen) atoms. The third-order valence-corrected chi connectivity index (χ3v) is 5.15. The lowest BCUT2D eigenvalue weighted by atomic mass is 10.2. The molecule has 0 saturated heterocycles. The molecule has 1 atom stereocenters. The number of hydrogen-bond acceptors (Lipinski definition) is 5. The summed E-state index contributed by atoms with van der Waals surface area (Å²) in [4.78, 5) is 14.3. The molecule has 1 aromatic carbocycles. The number of carbonyl (C=O) groups excluding carboxylic acids is 1. The number of rotatable bonds is 6. The molecular formula is C16H22N2O3S2. The second-order valence-corrected chi connectivity index (χ2v) is 7.08. The number of fused-ring (bicyclic) bond motifs is 1. The van der Waals surface area contributed by atoms with Gasteiger partial charge in [0.15, 0.2) is 11.5 Å². The molecule has 0 aliphatic carbocycles. The smallest absolute Gasteiger partial charge is 0.233 e. The monoisotopic (exact) mass is 354 g/mol. The Balaban J connectivity index is 1.83. The fourth-order valence-electron chi connectivity index (χ4n) is 2.14. The molecule has 0 aromatic heterocycles.